The molecule has 0 bridgehead atoms. The lowest BCUT2D eigenvalue weighted by Gasteiger charge is -2.45. The van der Waals surface area contributed by atoms with Crippen molar-refractivity contribution < 1.29 is 23.9 Å². The van der Waals surface area contributed by atoms with E-state index in [-0.39, 0.29) is 5.70 Å². The molecule has 1 aromatic rings. The predicted octanol–water partition coefficient (Wildman–Crippen LogP) is 3.94. The van der Waals surface area contributed by atoms with Crippen molar-refractivity contribution in [2.45, 2.75) is 48.6 Å². The van der Waals surface area contributed by atoms with Gasteiger partial charge >= 0.3 is 5.97 Å². The fourth-order valence-corrected chi connectivity index (χ4v) is 3.25. The third-order valence-corrected chi connectivity index (χ3v) is 5.02. The second-order valence-electron chi connectivity index (χ2n) is 7.50. The van der Waals surface area contributed by atoms with Gasteiger partial charge in [-0.05, 0) is 45.4 Å². The molecule has 0 radical (unpaired) electrons. The van der Waals surface area contributed by atoms with Crippen molar-refractivity contribution in [3.8, 4) is 5.75 Å². The lowest BCUT2D eigenvalue weighted by atomic mass is 10.0. The minimum Gasteiger partial charge on any atom is -0.478 e. The van der Waals surface area contributed by atoms with E-state index >= 15 is 0 Å². The van der Waals surface area contributed by atoms with Gasteiger partial charge in [0.15, 0.2) is 5.60 Å². The first-order valence-electron chi connectivity index (χ1n) is 9.18. The molecule has 1 aliphatic rings. The van der Waals surface area contributed by atoms with E-state index in [9.17, 15) is 14.4 Å². The van der Waals surface area contributed by atoms with Crippen molar-refractivity contribution in [1.82, 2.24) is 10.2 Å². The van der Waals surface area contributed by atoms with E-state index in [1.165, 1.54) is 0 Å². The summed E-state index contributed by atoms with van der Waals surface area (Å²) in [6.07, 6.45) is 0. The van der Waals surface area contributed by atoms with Crippen LogP contribution in [0.2, 0.25) is 0 Å². The minimum absolute atomic E-state index is 0.0791. The standard InChI is InChI=1S/C20H22Cl4N2O5/c1-11(2)14(17(28)30-10-20(22,23)24)26-15(21)13(16(26)27)25-18(29)19(3,4)31-12-8-6-5-7-9-12/h5-9,13,15H,10H2,1-4H3,(H,25,29). The number of allylic oxidation sites excluding steroid dienone is 1. The Bertz CT molecular complexity index is 879. The van der Waals surface area contributed by atoms with Crippen LogP contribution in [0.15, 0.2) is 41.6 Å². The molecule has 1 N–H and O–H groups in total. The van der Waals surface area contributed by atoms with Gasteiger partial charge in [-0.15, -0.1) is 0 Å². The lowest BCUT2D eigenvalue weighted by Crippen LogP contribution is -2.70. The van der Waals surface area contributed by atoms with E-state index in [0.717, 1.165) is 4.90 Å². The summed E-state index contributed by atoms with van der Waals surface area (Å²) in [5.74, 6) is -1.50. The van der Waals surface area contributed by atoms with Crippen LogP contribution in [0.25, 0.3) is 0 Å². The molecule has 0 aliphatic carbocycles. The molecule has 0 saturated carbocycles. The van der Waals surface area contributed by atoms with Crippen LogP contribution in [0.4, 0.5) is 0 Å². The summed E-state index contributed by atoms with van der Waals surface area (Å²) in [5.41, 5.74) is -1.91. The van der Waals surface area contributed by atoms with Crippen molar-refractivity contribution in [3.05, 3.63) is 41.6 Å². The van der Waals surface area contributed by atoms with E-state index in [1.807, 2.05) is 6.07 Å². The summed E-state index contributed by atoms with van der Waals surface area (Å²) in [4.78, 5) is 38.9. The van der Waals surface area contributed by atoms with Gasteiger partial charge in [-0.2, -0.15) is 0 Å². The van der Waals surface area contributed by atoms with Crippen molar-refractivity contribution in [2.24, 2.45) is 0 Å². The molecule has 1 heterocycles. The van der Waals surface area contributed by atoms with Crippen molar-refractivity contribution >= 4 is 64.2 Å². The number of carbonyl (C=O) groups excluding carboxylic acids is 3. The second-order valence-corrected chi connectivity index (χ2v) is 10.5. The monoisotopic (exact) mass is 510 g/mol. The van der Waals surface area contributed by atoms with Gasteiger partial charge in [0.05, 0.1) is 0 Å². The fourth-order valence-electron chi connectivity index (χ4n) is 2.72. The van der Waals surface area contributed by atoms with Crippen molar-refractivity contribution in [2.75, 3.05) is 6.61 Å². The van der Waals surface area contributed by atoms with E-state index in [4.69, 9.17) is 55.9 Å². The Labute approximate surface area is 200 Å². The van der Waals surface area contributed by atoms with E-state index < -0.39 is 45.3 Å². The van der Waals surface area contributed by atoms with Crippen LogP contribution in [0.3, 0.4) is 0 Å². The normalized spacial score (nSPS) is 18.7. The third kappa shape index (κ3) is 6.42. The Balaban J connectivity index is 2.07. The Morgan fingerprint density at radius 1 is 1.13 bits per heavy atom. The number of alkyl halides is 4. The number of nitrogens with one attached hydrogen (secondary N) is 1. The second kappa shape index (κ2) is 9.86. The van der Waals surface area contributed by atoms with Gasteiger partial charge in [0.25, 0.3) is 11.8 Å². The number of para-hydroxylation sites is 1. The van der Waals surface area contributed by atoms with Crippen LogP contribution in [-0.2, 0) is 19.1 Å². The zero-order valence-corrected chi connectivity index (χ0v) is 20.3. The molecule has 11 heteroatoms. The van der Waals surface area contributed by atoms with Crippen LogP contribution in [-0.4, -0.2) is 50.2 Å². The maximum absolute atomic E-state index is 12.7. The van der Waals surface area contributed by atoms with Crippen molar-refractivity contribution in [1.29, 1.82) is 0 Å². The van der Waals surface area contributed by atoms with Crippen LogP contribution < -0.4 is 10.1 Å². The number of likely N-dealkylation sites (tertiary alicyclic amines) is 1. The molecule has 1 aromatic carbocycles. The van der Waals surface area contributed by atoms with Crippen LogP contribution >= 0.6 is 46.4 Å². The van der Waals surface area contributed by atoms with E-state index in [0.29, 0.717) is 11.3 Å². The van der Waals surface area contributed by atoms with Gasteiger partial charge < -0.3 is 14.8 Å². The number of benzene rings is 1. The molecule has 2 atom stereocenters. The molecular weight excluding hydrogens is 490 g/mol. The number of amides is 2. The highest BCUT2D eigenvalue weighted by atomic mass is 35.6. The van der Waals surface area contributed by atoms with Crippen LogP contribution in [0.1, 0.15) is 27.7 Å². The number of β-lactam (4-membered cyclic amide) rings is 1. The number of nitrogens with zero attached hydrogens (tertiary/aromatic N) is 1. The molecule has 31 heavy (non-hydrogen) atoms. The van der Waals surface area contributed by atoms with E-state index in [2.05, 4.69) is 5.32 Å². The summed E-state index contributed by atoms with van der Waals surface area (Å²) in [6, 6.07) is 7.73. The molecule has 0 spiro atoms. The Hall–Kier alpha value is -1.67. The predicted molar refractivity (Wildman–Crippen MR) is 119 cm³/mol. The number of carbonyl (C=O) groups is 3. The molecule has 0 aromatic heterocycles. The van der Waals surface area contributed by atoms with Crippen molar-refractivity contribution in [3.63, 3.8) is 0 Å². The first kappa shape index (κ1) is 25.6. The number of hydrogen-bond acceptors (Lipinski definition) is 5. The molecule has 2 rings (SSSR count). The highest BCUT2D eigenvalue weighted by molar-refractivity contribution is 6.67. The summed E-state index contributed by atoms with van der Waals surface area (Å²) in [6.45, 7) is 5.83. The molecule has 1 aliphatic heterocycles. The number of esters is 1. The lowest BCUT2D eigenvalue weighted by molar-refractivity contribution is -0.154. The Morgan fingerprint density at radius 3 is 2.19 bits per heavy atom. The zero-order chi connectivity index (χ0) is 23.6. The SMILES string of the molecule is CC(C)=C(C(=O)OCC(Cl)(Cl)Cl)N1C(=O)C(NC(=O)C(C)(C)Oc2ccccc2)C1Cl. The molecule has 2 unspecified atom stereocenters. The van der Waals surface area contributed by atoms with Gasteiger partial charge in [0.2, 0.25) is 3.79 Å². The molecule has 1 fully saturated rings. The number of hydrogen-bond donors (Lipinski definition) is 1. The first-order valence-corrected chi connectivity index (χ1v) is 10.7. The van der Waals surface area contributed by atoms with Crippen LogP contribution in [0, 0.1) is 0 Å². The Morgan fingerprint density at radius 2 is 1.71 bits per heavy atom. The van der Waals surface area contributed by atoms with Gasteiger partial charge in [-0.1, -0.05) is 64.6 Å². The zero-order valence-electron chi connectivity index (χ0n) is 17.2. The number of ether oxygens (including phenoxy) is 2. The van der Waals surface area contributed by atoms with Gasteiger partial charge in [-0.25, -0.2) is 4.79 Å². The smallest absolute Gasteiger partial charge is 0.355 e. The topological polar surface area (TPSA) is 84.9 Å². The minimum atomic E-state index is -1.80. The summed E-state index contributed by atoms with van der Waals surface area (Å²) in [5, 5.41) is 2.57. The maximum Gasteiger partial charge on any atom is 0.355 e. The average molecular weight is 512 g/mol. The number of halogens is 4. The maximum atomic E-state index is 12.7. The Kier molecular flexibility index (Phi) is 8.14. The molecule has 7 nitrogen and oxygen atoms in total. The largest absolute Gasteiger partial charge is 0.478 e. The molecule has 170 valence electrons. The first-order chi connectivity index (χ1) is 14.2. The van der Waals surface area contributed by atoms with E-state index in [1.54, 1.807) is 52.0 Å². The molecule has 2 amide bonds. The van der Waals surface area contributed by atoms with Gasteiger partial charge in [0.1, 0.15) is 29.6 Å². The highest BCUT2D eigenvalue weighted by Crippen LogP contribution is 2.32. The highest BCUT2D eigenvalue weighted by Gasteiger charge is 2.52. The third-order valence-electron chi connectivity index (χ3n) is 4.25. The van der Waals surface area contributed by atoms with Gasteiger partial charge in [0, 0.05) is 0 Å². The summed E-state index contributed by atoms with van der Waals surface area (Å²) >= 11 is 23.1. The summed E-state index contributed by atoms with van der Waals surface area (Å²) < 4.78 is 8.88. The fraction of sp³-hybridized carbons (Fsp3) is 0.450. The number of rotatable bonds is 7. The molecule has 1 saturated heterocycles. The quantitative estimate of drug-likeness (QED) is 0.197. The van der Waals surface area contributed by atoms with Crippen LogP contribution in [0.5, 0.6) is 5.75 Å². The molecular formula is C20H22Cl4N2O5. The summed E-state index contributed by atoms with van der Waals surface area (Å²) in [7, 11) is 0. The van der Waals surface area contributed by atoms with Gasteiger partial charge in [-0.3, -0.25) is 14.5 Å². The average Bonchev–Trinajstić information content (AvgIpc) is 2.67.